The van der Waals surface area contributed by atoms with Crippen LogP contribution in [0.25, 0.3) is 0 Å². The van der Waals surface area contributed by atoms with Crippen LogP contribution in [-0.4, -0.2) is 61.8 Å². The highest BCUT2D eigenvalue weighted by Gasteiger charge is 2.37. The topological polar surface area (TPSA) is 95.7 Å². The molecule has 144 valence electrons. The first-order valence-electron chi connectivity index (χ1n) is 9.28. The van der Waals surface area contributed by atoms with Crippen LogP contribution in [0, 0.1) is 0 Å². The fourth-order valence-electron chi connectivity index (χ4n) is 3.66. The number of nitrogens with one attached hydrogen (secondary N) is 1. The largest absolute Gasteiger partial charge is 0.324 e. The maximum absolute atomic E-state index is 12.9. The van der Waals surface area contributed by atoms with Gasteiger partial charge in [0.25, 0.3) is 0 Å². The van der Waals surface area contributed by atoms with E-state index < -0.39 is 15.6 Å². The second kappa shape index (κ2) is 7.64. The van der Waals surface area contributed by atoms with Crippen LogP contribution in [0.15, 0.2) is 29.2 Å². The summed E-state index contributed by atoms with van der Waals surface area (Å²) in [5, 5.41) is 2.80. The van der Waals surface area contributed by atoms with E-state index in [2.05, 4.69) is 17.1 Å². The van der Waals surface area contributed by atoms with Gasteiger partial charge >= 0.3 is 0 Å². The van der Waals surface area contributed by atoms with Crippen molar-refractivity contribution in [3.05, 3.63) is 24.3 Å². The summed E-state index contributed by atoms with van der Waals surface area (Å²) < 4.78 is 27.3. The van der Waals surface area contributed by atoms with Crippen LogP contribution in [0.4, 0.5) is 5.69 Å². The summed E-state index contributed by atoms with van der Waals surface area (Å²) in [5.74, 6) is -0.235. The summed E-state index contributed by atoms with van der Waals surface area (Å²) in [5.41, 5.74) is 5.80. The average Bonchev–Trinajstić information content (AvgIpc) is 3.10. The molecular formula is C18H28N4O3S. The van der Waals surface area contributed by atoms with E-state index in [0.29, 0.717) is 31.6 Å². The molecule has 7 nitrogen and oxygen atoms in total. The molecule has 1 aromatic carbocycles. The molecule has 3 rings (SSSR count). The predicted octanol–water partition coefficient (Wildman–Crippen LogP) is 1.22. The monoisotopic (exact) mass is 380 g/mol. The van der Waals surface area contributed by atoms with Gasteiger partial charge in [-0.2, -0.15) is 4.31 Å². The Kier molecular flexibility index (Phi) is 5.67. The molecular weight excluding hydrogens is 352 g/mol. The van der Waals surface area contributed by atoms with E-state index in [1.807, 2.05) is 0 Å². The SMILES string of the molecule is CCN1CCN(S(=O)(=O)c2cccc(NC(=O)C3(N)CCCC3)c2)CC1. The van der Waals surface area contributed by atoms with Gasteiger partial charge in [-0.3, -0.25) is 4.79 Å². The van der Waals surface area contributed by atoms with E-state index in [1.54, 1.807) is 18.2 Å². The molecule has 1 amide bonds. The van der Waals surface area contributed by atoms with Crippen LogP contribution < -0.4 is 11.1 Å². The first kappa shape index (κ1) is 19.3. The van der Waals surface area contributed by atoms with Gasteiger partial charge in [-0.05, 0) is 37.6 Å². The standard InChI is InChI=1S/C18H28N4O3S/c1-2-21-10-12-22(13-11-21)26(24,25)16-7-5-6-15(14-16)20-17(23)18(19)8-3-4-9-18/h5-7,14H,2-4,8-13,19H2,1H3,(H,20,23). The Balaban J connectivity index is 1.73. The molecule has 1 saturated carbocycles. The molecule has 0 unspecified atom stereocenters. The lowest BCUT2D eigenvalue weighted by Gasteiger charge is -2.33. The van der Waals surface area contributed by atoms with Gasteiger partial charge in [-0.25, -0.2) is 8.42 Å². The van der Waals surface area contributed by atoms with Crippen molar-refractivity contribution in [2.75, 3.05) is 38.0 Å². The van der Waals surface area contributed by atoms with Crippen LogP contribution in [0.5, 0.6) is 0 Å². The van der Waals surface area contributed by atoms with Crippen molar-refractivity contribution >= 4 is 21.6 Å². The molecule has 1 heterocycles. The number of sulfonamides is 1. The number of likely N-dealkylation sites (N-methyl/N-ethyl adjacent to an activating group) is 1. The molecule has 2 fully saturated rings. The van der Waals surface area contributed by atoms with Gasteiger partial charge in [0.05, 0.1) is 10.4 Å². The molecule has 0 atom stereocenters. The zero-order chi connectivity index (χ0) is 18.8. The first-order chi connectivity index (χ1) is 12.3. The number of anilines is 1. The molecule has 2 aliphatic rings. The Labute approximate surface area is 155 Å². The summed E-state index contributed by atoms with van der Waals surface area (Å²) >= 11 is 0. The molecule has 26 heavy (non-hydrogen) atoms. The third-order valence-corrected chi connectivity index (χ3v) is 7.35. The van der Waals surface area contributed by atoms with Gasteiger partial charge in [-0.15, -0.1) is 0 Å². The number of hydrogen-bond acceptors (Lipinski definition) is 5. The normalized spacial score (nSPS) is 21.6. The number of benzene rings is 1. The number of carbonyl (C=O) groups is 1. The molecule has 1 aliphatic carbocycles. The number of amides is 1. The summed E-state index contributed by atoms with van der Waals surface area (Å²) in [6, 6.07) is 6.45. The molecule has 0 spiro atoms. The van der Waals surface area contributed by atoms with Crippen LogP contribution in [-0.2, 0) is 14.8 Å². The number of rotatable bonds is 5. The van der Waals surface area contributed by atoms with Crippen LogP contribution in [0.1, 0.15) is 32.6 Å². The third kappa shape index (κ3) is 3.93. The maximum Gasteiger partial charge on any atom is 0.244 e. The Morgan fingerprint density at radius 3 is 2.46 bits per heavy atom. The van der Waals surface area contributed by atoms with E-state index >= 15 is 0 Å². The highest BCUT2D eigenvalue weighted by Crippen LogP contribution is 2.29. The average molecular weight is 381 g/mol. The zero-order valence-corrected chi connectivity index (χ0v) is 16.1. The van der Waals surface area contributed by atoms with Gasteiger partial charge in [0.15, 0.2) is 0 Å². The van der Waals surface area contributed by atoms with E-state index in [0.717, 1.165) is 32.5 Å². The van der Waals surface area contributed by atoms with E-state index in [1.165, 1.54) is 10.4 Å². The highest BCUT2D eigenvalue weighted by atomic mass is 32.2. The van der Waals surface area contributed by atoms with Gasteiger partial charge in [0, 0.05) is 31.9 Å². The van der Waals surface area contributed by atoms with Gasteiger partial charge in [0.1, 0.15) is 0 Å². The lowest BCUT2D eigenvalue weighted by Crippen LogP contribution is -2.49. The molecule has 1 saturated heterocycles. The van der Waals surface area contributed by atoms with Gasteiger partial charge in [0.2, 0.25) is 15.9 Å². The number of hydrogen-bond donors (Lipinski definition) is 2. The lowest BCUT2D eigenvalue weighted by atomic mass is 9.98. The Morgan fingerprint density at radius 1 is 1.19 bits per heavy atom. The highest BCUT2D eigenvalue weighted by molar-refractivity contribution is 7.89. The fraction of sp³-hybridized carbons (Fsp3) is 0.611. The molecule has 1 aromatic rings. The van der Waals surface area contributed by atoms with Crippen molar-refractivity contribution in [3.63, 3.8) is 0 Å². The second-order valence-corrected chi connectivity index (χ2v) is 9.12. The zero-order valence-electron chi connectivity index (χ0n) is 15.3. The fourth-order valence-corrected chi connectivity index (χ4v) is 5.13. The molecule has 0 aromatic heterocycles. The lowest BCUT2D eigenvalue weighted by molar-refractivity contribution is -0.121. The van der Waals surface area contributed by atoms with Crippen LogP contribution in [0.3, 0.4) is 0 Å². The predicted molar refractivity (Wildman–Crippen MR) is 101 cm³/mol. The van der Waals surface area contributed by atoms with Crippen molar-refractivity contribution in [2.24, 2.45) is 5.73 Å². The summed E-state index contributed by atoms with van der Waals surface area (Å²) in [7, 11) is -3.56. The Morgan fingerprint density at radius 2 is 1.85 bits per heavy atom. The molecule has 3 N–H and O–H groups in total. The minimum Gasteiger partial charge on any atom is -0.324 e. The van der Waals surface area contributed by atoms with Crippen molar-refractivity contribution in [1.29, 1.82) is 0 Å². The quantitative estimate of drug-likeness (QED) is 0.801. The number of nitrogens with two attached hydrogens (primary N) is 1. The van der Waals surface area contributed by atoms with Crippen molar-refractivity contribution < 1.29 is 13.2 Å². The third-order valence-electron chi connectivity index (χ3n) is 5.46. The molecule has 0 radical (unpaired) electrons. The van der Waals surface area contributed by atoms with E-state index in [-0.39, 0.29) is 10.8 Å². The summed E-state index contributed by atoms with van der Waals surface area (Å²) in [6.45, 7) is 5.45. The number of piperazine rings is 1. The van der Waals surface area contributed by atoms with Crippen molar-refractivity contribution in [1.82, 2.24) is 9.21 Å². The Bertz CT molecular complexity index is 751. The number of nitrogens with zero attached hydrogens (tertiary/aromatic N) is 2. The van der Waals surface area contributed by atoms with Crippen LogP contribution >= 0.6 is 0 Å². The minimum absolute atomic E-state index is 0.206. The van der Waals surface area contributed by atoms with Crippen molar-refractivity contribution in [2.45, 2.75) is 43.0 Å². The minimum atomic E-state index is -3.56. The summed E-state index contributed by atoms with van der Waals surface area (Å²) in [6.07, 6.45) is 3.22. The van der Waals surface area contributed by atoms with Gasteiger partial charge < -0.3 is 16.0 Å². The molecule has 0 bridgehead atoms. The second-order valence-electron chi connectivity index (χ2n) is 7.18. The Hall–Kier alpha value is -1.48. The first-order valence-corrected chi connectivity index (χ1v) is 10.7. The van der Waals surface area contributed by atoms with E-state index in [4.69, 9.17) is 5.73 Å². The van der Waals surface area contributed by atoms with Gasteiger partial charge in [-0.1, -0.05) is 25.8 Å². The van der Waals surface area contributed by atoms with Crippen molar-refractivity contribution in [3.8, 4) is 0 Å². The maximum atomic E-state index is 12.9. The van der Waals surface area contributed by atoms with E-state index in [9.17, 15) is 13.2 Å². The van der Waals surface area contributed by atoms with Crippen LogP contribution in [0.2, 0.25) is 0 Å². The molecule has 8 heteroatoms. The molecule has 1 aliphatic heterocycles. The summed E-state index contributed by atoms with van der Waals surface area (Å²) in [4.78, 5) is 14.9. The smallest absolute Gasteiger partial charge is 0.244 e. The number of carbonyl (C=O) groups excluding carboxylic acids is 1.